The van der Waals surface area contributed by atoms with Crippen molar-refractivity contribution in [3.63, 3.8) is 0 Å². The van der Waals surface area contributed by atoms with Crippen LogP contribution in [-0.4, -0.2) is 28.2 Å². The highest BCUT2D eigenvalue weighted by molar-refractivity contribution is 6.13. The monoisotopic (exact) mass is 654 g/mol. The Balaban J connectivity index is 1.16. The van der Waals surface area contributed by atoms with E-state index in [0.717, 1.165) is 56.1 Å². The third kappa shape index (κ3) is 6.76. The molecule has 0 atom stereocenters. The quantitative estimate of drug-likeness (QED) is 0.0931. The molecule has 0 bridgehead atoms. The lowest BCUT2D eigenvalue weighted by atomic mass is 9.93. The molecule has 0 fully saturated rings. The van der Waals surface area contributed by atoms with Gasteiger partial charge >= 0.3 is 0 Å². The molecule has 3 aromatic heterocycles. The first kappa shape index (κ1) is 31.5. The molecule has 0 amide bonds. The zero-order valence-electron chi connectivity index (χ0n) is 28.2. The van der Waals surface area contributed by atoms with E-state index >= 15 is 0 Å². The van der Waals surface area contributed by atoms with Gasteiger partial charge in [0.1, 0.15) is 0 Å². The molecule has 51 heavy (non-hydrogen) atoms. The number of fused-ring (bicyclic) bond motifs is 3. The number of nitrogens with zero attached hydrogens (tertiary/aromatic N) is 4. The zero-order valence-corrected chi connectivity index (χ0v) is 28.2. The molecule has 0 aliphatic rings. The Kier molecular flexibility index (Phi) is 8.87. The fourth-order valence-corrected chi connectivity index (χ4v) is 6.52. The van der Waals surface area contributed by atoms with Crippen molar-refractivity contribution in [2.24, 2.45) is 4.99 Å². The summed E-state index contributed by atoms with van der Waals surface area (Å²) >= 11 is 0. The van der Waals surface area contributed by atoms with Gasteiger partial charge in [-0.3, -0.25) is 9.98 Å². The third-order valence-electron chi connectivity index (χ3n) is 8.99. The second-order valence-corrected chi connectivity index (χ2v) is 12.3. The molecule has 8 aromatic rings. The predicted octanol–water partition coefficient (Wildman–Crippen LogP) is 11.8. The first-order chi connectivity index (χ1) is 25.2. The van der Waals surface area contributed by atoms with Crippen LogP contribution in [0.25, 0.3) is 83.8 Å². The Morgan fingerprint density at radius 3 is 2.08 bits per heavy atom. The summed E-state index contributed by atoms with van der Waals surface area (Å²) in [6, 6.07) is 53.2. The summed E-state index contributed by atoms with van der Waals surface area (Å²) < 4.78 is 0. The van der Waals surface area contributed by atoms with E-state index in [1.54, 1.807) is 19.5 Å². The van der Waals surface area contributed by atoms with Gasteiger partial charge in [0.2, 0.25) is 0 Å². The molecule has 3 heterocycles. The SMILES string of the molecule is CN=C/C=C\C=C\c1cc(-c2ccc(-c3cccc(-c4cc(-c5ccccc5)c5c(ccc6ccccc65)n4)c3)cc2)cc(-c2ccccn2)n1. The van der Waals surface area contributed by atoms with Crippen LogP contribution >= 0.6 is 0 Å². The van der Waals surface area contributed by atoms with Crippen LogP contribution in [0.4, 0.5) is 0 Å². The minimum absolute atomic E-state index is 0.828. The minimum atomic E-state index is 0.828. The fourth-order valence-electron chi connectivity index (χ4n) is 6.52. The Hall–Kier alpha value is -6.78. The van der Waals surface area contributed by atoms with Crippen molar-refractivity contribution in [2.75, 3.05) is 7.05 Å². The lowest BCUT2D eigenvalue weighted by molar-refractivity contribution is 1.23. The fraction of sp³-hybridized carbons (Fsp3) is 0.0213. The number of allylic oxidation sites excluding steroid dienone is 3. The van der Waals surface area contributed by atoms with Gasteiger partial charge in [0.05, 0.1) is 28.3 Å². The van der Waals surface area contributed by atoms with Gasteiger partial charge in [-0.15, -0.1) is 0 Å². The van der Waals surface area contributed by atoms with Crippen molar-refractivity contribution in [3.05, 3.63) is 182 Å². The lowest BCUT2D eigenvalue weighted by Crippen LogP contribution is -1.92. The summed E-state index contributed by atoms with van der Waals surface area (Å²) in [4.78, 5) is 18.7. The Labute approximate surface area is 297 Å². The van der Waals surface area contributed by atoms with Crippen molar-refractivity contribution in [1.82, 2.24) is 15.0 Å². The molecule has 0 saturated carbocycles. The van der Waals surface area contributed by atoms with Crippen LogP contribution in [-0.2, 0) is 0 Å². The smallest absolute Gasteiger partial charge is 0.0899 e. The van der Waals surface area contributed by atoms with E-state index in [1.165, 1.54) is 27.3 Å². The van der Waals surface area contributed by atoms with E-state index in [0.29, 0.717) is 0 Å². The first-order valence-corrected chi connectivity index (χ1v) is 17.0. The molecule has 0 radical (unpaired) electrons. The Bertz CT molecular complexity index is 2570. The molecule has 4 nitrogen and oxygen atoms in total. The highest BCUT2D eigenvalue weighted by atomic mass is 14.8. The zero-order chi connectivity index (χ0) is 34.4. The van der Waals surface area contributed by atoms with Crippen LogP contribution in [0.3, 0.4) is 0 Å². The van der Waals surface area contributed by atoms with Crippen LogP contribution in [0.2, 0.25) is 0 Å². The molecular formula is C47H34N4. The summed E-state index contributed by atoms with van der Waals surface area (Å²) in [6.45, 7) is 0. The van der Waals surface area contributed by atoms with Gasteiger partial charge in [0.25, 0.3) is 0 Å². The highest BCUT2D eigenvalue weighted by Gasteiger charge is 2.14. The third-order valence-corrected chi connectivity index (χ3v) is 8.99. The van der Waals surface area contributed by atoms with Crippen LogP contribution in [0.1, 0.15) is 5.69 Å². The van der Waals surface area contributed by atoms with Crippen molar-refractivity contribution in [3.8, 4) is 56.0 Å². The predicted molar refractivity (Wildman–Crippen MR) is 215 cm³/mol. The van der Waals surface area contributed by atoms with Crippen molar-refractivity contribution >= 4 is 34.0 Å². The maximum atomic E-state index is 5.22. The van der Waals surface area contributed by atoms with E-state index in [-0.39, 0.29) is 0 Å². The molecule has 4 heteroatoms. The molecule has 5 aromatic carbocycles. The van der Waals surface area contributed by atoms with Gasteiger partial charge in [-0.1, -0.05) is 121 Å². The number of aliphatic imine (C=N–C) groups is 1. The molecular weight excluding hydrogens is 621 g/mol. The second kappa shape index (κ2) is 14.4. The van der Waals surface area contributed by atoms with Crippen LogP contribution < -0.4 is 0 Å². The maximum absolute atomic E-state index is 5.22. The maximum Gasteiger partial charge on any atom is 0.0899 e. The highest BCUT2D eigenvalue weighted by Crippen LogP contribution is 2.37. The number of rotatable bonds is 8. The molecule has 8 rings (SSSR count). The summed E-state index contributed by atoms with van der Waals surface area (Å²) in [7, 11) is 1.76. The van der Waals surface area contributed by atoms with Crippen LogP contribution in [0.15, 0.2) is 181 Å². The summed E-state index contributed by atoms with van der Waals surface area (Å²) in [6.07, 6.45) is 11.4. The average Bonchev–Trinajstić information content (AvgIpc) is 3.21. The minimum Gasteiger partial charge on any atom is -0.297 e. The number of pyridine rings is 3. The topological polar surface area (TPSA) is 51.0 Å². The average molecular weight is 655 g/mol. The second-order valence-electron chi connectivity index (χ2n) is 12.3. The normalized spacial score (nSPS) is 11.8. The van der Waals surface area contributed by atoms with Crippen LogP contribution in [0.5, 0.6) is 0 Å². The van der Waals surface area contributed by atoms with E-state index in [1.807, 2.05) is 42.5 Å². The number of benzene rings is 5. The number of aromatic nitrogens is 3. The molecule has 0 aliphatic heterocycles. The van der Waals surface area contributed by atoms with Crippen molar-refractivity contribution in [2.45, 2.75) is 0 Å². The first-order valence-electron chi connectivity index (χ1n) is 17.0. The van der Waals surface area contributed by atoms with Gasteiger partial charge in [0, 0.05) is 30.4 Å². The largest absolute Gasteiger partial charge is 0.297 e. The number of hydrogen-bond acceptors (Lipinski definition) is 4. The van der Waals surface area contributed by atoms with E-state index in [4.69, 9.17) is 9.97 Å². The van der Waals surface area contributed by atoms with E-state index < -0.39 is 0 Å². The molecule has 0 aliphatic carbocycles. The Morgan fingerprint density at radius 2 is 1.25 bits per heavy atom. The van der Waals surface area contributed by atoms with E-state index in [9.17, 15) is 0 Å². The number of hydrogen-bond donors (Lipinski definition) is 0. The van der Waals surface area contributed by atoms with Gasteiger partial charge in [-0.05, 0) is 98.8 Å². The van der Waals surface area contributed by atoms with Gasteiger partial charge in [0.15, 0.2) is 0 Å². The van der Waals surface area contributed by atoms with Crippen molar-refractivity contribution < 1.29 is 0 Å². The van der Waals surface area contributed by atoms with Gasteiger partial charge in [-0.2, -0.15) is 0 Å². The van der Waals surface area contributed by atoms with E-state index in [2.05, 4.69) is 143 Å². The summed E-state index contributed by atoms with van der Waals surface area (Å²) in [5.41, 5.74) is 12.3. The van der Waals surface area contributed by atoms with Gasteiger partial charge in [-0.25, -0.2) is 9.97 Å². The molecule has 242 valence electrons. The van der Waals surface area contributed by atoms with Gasteiger partial charge < -0.3 is 0 Å². The molecule has 0 unspecified atom stereocenters. The molecule has 0 saturated heterocycles. The lowest BCUT2D eigenvalue weighted by Gasteiger charge is -2.14. The molecule has 0 N–H and O–H groups in total. The Morgan fingerprint density at radius 1 is 0.490 bits per heavy atom. The molecule has 0 spiro atoms. The summed E-state index contributed by atoms with van der Waals surface area (Å²) in [5.74, 6) is 0. The van der Waals surface area contributed by atoms with Crippen LogP contribution in [0, 0.1) is 0 Å². The van der Waals surface area contributed by atoms with Crippen molar-refractivity contribution in [1.29, 1.82) is 0 Å². The standard InChI is InChI=1S/C47H34N4/c1-48-27-10-3-6-18-40-30-39(31-46(50-40)43-20-9-11-28-49-43)34-23-21-33(22-24-34)37-16-12-17-38(29-37)45-32-42(35-13-4-2-5-14-35)47-41-19-8-7-15-36(41)25-26-44(47)51-45/h2-32H,1H3/b10-3-,18-6+,48-27?. The summed E-state index contributed by atoms with van der Waals surface area (Å²) in [5, 5.41) is 3.60.